The zero-order chi connectivity index (χ0) is 7.00. The van der Waals surface area contributed by atoms with Gasteiger partial charge in [0.05, 0.1) is 0 Å². The molecule has 0 amide bonds. The fourth-order valence-corrected chi connectivity index (χ4v) is 0. The third-order valence-corrected chi connectivity index (χ3v) is 2.17. The highest BCUT2D eigenvalue weighted by molar-refractivity contribution is 7.80. The van der Waals surface area contributed by atoms with Gasteiger partial charge in [-0.2, -0.15) is 0 Å². The van der Waals surface area contributed by atoms with Crippen LogP contribution in [0, 0.1) is 0 Å². The maximum atomic E-state index is 10.0. The van der Waals surface area contributed by atoms with Crippen molar-refractivity contribution in [2.45, 2.75) is 0 Å². The van der Waals surface area contributed by atoms with Gasteiger partial charge in [-0.25, -0.2) is 4.55 Å². The minimum absolute atomic E-state index is 0.979. The molecule has 0 saturated carbocycles. The van der Waals surface area contributed by atoms with Crippen LogP contribution in [0.3, 0.4) is 0 Å². The molecule has 0 heterocycles. The van der Waals surface area contributed by atoms with Crippen LogP contribution in [-0.4, -0.2) is 30.5 Å². The molecule has 0 aliphatic heterocycles. The molecule has 0 radical (unpaired) electrons. The third-order valence-electron chi connectivity index (χ3n) is 0.549. The number of halogens is 1. The summed E-state index contributed by atoms with van der Waals surface area (Å²) in [5, 5.41) is 0. The quantitative estimate of drug-likeness (QED) is 0.435. The van der Waals surface area contributed by atoms with Gasteiger partial charge in [-0.3, -0.25) is 0 Å². The molecule has 4 nitrogen and oxygen atoms in total. The van der Waals surface area contributed by atoms with Crippen LogP contribution in [0.4, 0.5) is 0 Å². The molecular formula is C2H7ClNO3S+. The molecule has 0 aromatic carbocycles. The van der Waals surface area contributed by atoms with E-state index in [1.54, 1.807) is 0 Å². The number of hydrogen-bond donors (Lipinski definition) is 1. The molecular weight excluding hydrogens is 154 g/mol. The highest BCUT2D eigenvalue weighted by Gasteiger charge is 2.28. The Morgan fingerprint density at radius 2 is 1.62 bits per heavy atom. The van der Waals surface area contributed by atoms with Crippen LogP contribution in [0.15, 0.2) is 0 Å². The van der Waals surface area contributed by atoms with E-state index in [0.717, 1.165) is 14.1 Å². The van der Waals surface area contributed by atoms with E-state index in [1.165, 1.54) is 0 Å². The van der Waals surface area contributed by atoms with Gasteiger partial charge in [-0.1, -0.05) is 0 Å². The molecule has 0 bridgehead atoms. The second-order valence-corrected chi connectivity index (χ2v) is 4.52. The van der Waals surface area contributed by atoms with E-state index in [4.69, 9.17) is 16.3 Å². The summed E-state index contributed by atoms with van der Waals surface area (Å²) in [5.41, 5.74) is 0. The lowest BCUT2D eigenvalue weighted by Crippen LogP contribution is -2.34. The summed E-state index contributed by atoms with van der Waals surface area (Å²) in [6.07, 6.45) is 0. The first-order chi connectivity index (χ1) is 3.25. The second-order valence-electron chi connectivity index (χ2n) is 1.67. The standard InChI is InChI=1S/C2H6ClNO3S/c1-4(2,3)8(5,6)7/h1-2H3/p+1. The Morgan fingerprint density at radius 3 is 1.62 bits per heavy atom. The van der Waals surface area contributed by atoms with Crippen LogP contribution in [0.2, 0.25) is 0 Å². The summed E-state index contributed by atoms with van der Waals surface area (Å²) in [6, 6.07) is 0. The minimum Gasteiger partial charge on any atom is -0.240 e. The number of nitrogens with zero attached hydrogens (tertiary/aromatic N) is 1. The maximum Gasteiger partial charge on any atom is 0.449 e. The van der Waals surface area contributed by atoms with Crippen LogP contribution in [0.5, 0.6) is 0 Å². The van der Waals surface area contributed by atoms with Crippen molar-refractivity contribution in [3.63, 3.8) is 0 Å². The normalized spacial score (nSPS) is 14.0. The highest BCUT2D eigenvalue weighted by Crippen LogP contribution is 2.08. The largest absolute Gasteiger partial charge is 0.449 e. The molecule has 1 N–H and O–H groups in total. The van der Waals surface area contributed by atoms with Gasteiger partial charge in [0.2, 0.25) is 0 Å². The van der Waals surface area contributed by atoms with Gasteiger partial charge in [-0.05, 0) is 0 Å². The Balaban J connectivity index is 4.53. The topological polar surface area (TPSA) is 54.4 Å². The van der Waals surface area contributed by atoms with Crippen molar-refractivity contribution >= 4 is 22.1 Å². The first kappa shape index (κ1) is 8.16. The van der Waals surface area contributed by atoms with Crippen molar-refractivity contribution in [1.29, 1.82) is 0 Å². The lowest BCUT2D eigenvalue weighted by molar-refractivity contribution is -0.635. The smallest absolute Gasteiger partial charge is 0.240 e. The van der Waals surface area contributed by atoms with E-state index in [1.807, 2.05) is 0 Å². The average molecular weight is 161 g/mol. The minimum atomic E-state index is -4.14. The summed E-state index contributed by atoms with van der Waals surface area (Å²) in [5.74, 6) is 0. The first-order valence-electron chi connectivity index (χ1n) is 1.76. The molecule has 8 heavy (non-hydrogen) atoms. The lowest BCUT2D eigenvalue weighted by Gasteiger charge is -2.10. The molecule has 6 heteroatoms. The molecule has 50 valence electrons. The lowest BCUT2D eigenvalue weighted by atomic mass is 11.3. The average Bonchev–Trinajstić information content (AvgIpc) is 1.25. The monoisotopic (exact) mass is 160 g/mol. The molecule has 0 aliphatic rings. The summed E-state index contributed by atoms with van der Waals surface area (Å²) in [4.78, 5) is 0. The van der Waals surface area contributed by atoms with Gasteiger partial charge < -0.3 is 0 Å². The molecule has 0 rings (SSSR count). The predicted molar refractivity (Wildman–Crippen MR) is 29.5 cm³/mol. The van der Waals surface area contributed by atoms with Gasteiger partial charge in [0, 0.05) is 0 Å². The maximum absolute atomic E-state index is 10.0. The van der Waals surface area contributed by atoms with Gasteiger partial charge in [0.25, 0.3) is 0 Å². The van der Waals surface area contributed by atoms with Gasteiger partial charge in [-0.15, -0.1) is 11.8 Å². The second kappa shape index (κ2) is 1.84. The SMILES string of the molecule is C[N+](C)(Cl)S(=O)(=O)O. The Bertz CT molecular complexity index is 166. The zero-order valence-electron chi connectivity index (χ0n) is 4.50. The van der Waals surface area contributed by atoms with E-state index >= 15 is 0 Å². The Kier molecular flexibility index (Phi) is 1.87. The number of quaternary nitrogens is 1. The van der Waals surface area contributed by atoms with Gasteiger partial charge in [0.15, 0.2) is 11.8 Å². The van der Waals surface area contributed by atoms with E-state index < -0.39 is 13.7 Å². The van der Waals surface area contributed by atoms with Crippen molar-refractivity contribution in [3.05, 3.63) is 0 Å². The van der Waals surface area contributed by atoms with Crippen LogP contribution < -0.4 is 0 Å². The van der Waals surface area contributed by atoms with Crippen LogP contribution in [0.1, 0.15) is 0 Å². The molecule has 0 fully saturated rings. The molecule has 0 spiro atoms. The molecule has 0 aromatic heterocycles. The summed E-state index contributed by atoms with van der Waals surface area (Å²) in [7, 11) is -1.87. The predicted octanol–water partition coefficient (Wildman–Crippen LogP) is 0.0194. The zero-order valence-corrected chi connectivity index (χ0v) is 6.07. The fraction of sp³-hybridized carbons (Fsp3) is 1.00. The molecule has 0 atom stereocenters. The molecule has 0 aliphatic carbocycles. The van der Waals surface area contributed by atoms with Crippen molar-refractivity contribution < 1.29 is 16.4 Å². The van der Waals surface area contributed by atoms with Crippen LogP contribution in [-0.2, 0) is 10.3 Å². The highest BCUT2D eigenvalue weighted by atomic mass is 35.5. The number of rotatable bonds is 1. The summed E-state index contributed by atoms with van der Waals surface area (Å²) in [6.45, 7) is 0. The van der Waals surface area contributed by atoms with Gasteiger partial charge in [0.1, 0.15) is 14.1 Å². The van der Waals surface area contributed by atoms with Crippen molar-refractivity contribution in [1.82, 2.24) is 0 Å². The molecule has 0 aromatic rings. The first-order valence-corrected chi connectivity index (χ1v) is 3.50. The van der Waals surface area contributed by atoms with Crippen molar-refractivity contribution in [3.8, 4) is 0 Å². The van der Waals surface area contributed by atoms with E-state index in [2.05, 4.69) is 0 Å². The van der Waals surface area contributed by atoms with E-state index in [9.17, 15) is 8.42 Å². The summed E-state index contributed by atoms with van der Waals surface area (Å²) >= 11 is 5.11. The van der Waals surface area contributed by atoms with Gasteiger partial charge >= 0.3 is 10.3 Å². The van der Waals surface area contributed by atoms with Crippen LogP contribution >= 0.6 is 11.8 Å². The van der Waals surface area contributed by atoms with Crippen molar-refractivity contribution in [2.24, 2.45) is 0 Å². The Labute approximate surface area is 53.3 Å². The number of hydrogen-bond acceptors (Lipinski definition) is 2. The molecule has 0 unspecified atom stereocenters. The van der Waals surface area contributed by atoms with Crippen molar-refractivity contribution in [2.75, 3.05) is 14.1 Å². The van der Waals surface area contributed by atoms with Crippen LogP contribution in [0.25, 0.3) is 0 Å². The Hall–Kier alpha value is 0.160. The fourth-order valence-electron chi connectivity index (χ4n) is 0. The van der Waals surface area contributed by atoms with E-state index in [-0.39, 0.29) is 0 Å². The Morgan fingerprint density at radius 1 is 1.50 bits per heavy atom. The van der Waals surface area contributed by atoms with E-state index in [0.29, 0.717) is 0 Å². The molecule has 0 saturated heterocycles. The third kappa shape index (κ3) is 1.95. The summed E-state index contributed by atoms with van der Waals surface area (Å²) < 4.78 is 27.3.